The Bertz CT molecular complexity index is 1160. The van der Waals surface area contributed by atoms with Gasteiger partial charge in [-0.25, -0.2) is 9.69 Å². The van der Waals surface area contributed by atoms with Crippen molar-refractivity contribution in [2.75, 3.05) is 10.6 Å². The SMILES string of the molecule is CC1C(=O)N(c2ccc(SC(F)(F)F)cc2)C(=O)N1Cc1ccnc2cccc(N)c12. The summed E-state index contributed by atoms with van der Waals surface area (Å²) >= 11 is -0.258. The quantitative estimate of drug-likeness (QED) is 0.354. The van der Waals surface area contributed by atoms with Crippen LogP contribution in [0.3, 0.4) is 0 Å². The molecule has 1 fully saturated rings. The molecule has 0 aliphatic carbocycles. The van der Waals surface area contributed by atoms with E-state index in [0.29, 0.717) is 16.6 Å². The number of imide groups is 1. The Morgan fingerprint density at radius 2 is 1.81 bits per heavy atom. The molecule has 0 bridgehead atoms. The predicted molar refractivity (Wildman–Crippen MR) is 112 cm³/mol. The molecule has 1 aliphatic heterocycles. The highest BCUT2D eigenvalue weighted by Gasteiger charge is 2.43. The molecule has 1 atom stereocenters. The van der Waals surface area contributed by atoms with E-state index in [1.54, 1.807) is 31.3 Å². The molecule has 31 heavy (non-hydrogen) atoms. The first-order valence-electron chi connectivity index (χ1n) is 9.28. The first-order valence-corrected chi connectivity index (χ1v) is 10.1. The number of amides is 3. The van der Waals surface area contributed by atoms with Crippen LogP contribution >= 0.6 is 11.8 Å². The van der Waals surface area contributed by atoms with Gasteiger partial charge in [0.2, 0.25) is 0 Å². The van der Waals surface area contributed by atoms with E-state index >= 15 is 0 Å². The van der Waals surface area contributed by atoms with Gasteiger partial charge in [0.05, 0.1) is 11.2 Å². The number of carbonyl (C=O) groups is 2. The van der Waals surface area contributed by atoms with Gasteiger partial charge >= 0.3 is 11.5 Å². The molecule has 3 amide bonds. The summed E-state index contributed by atoms with van der Waals surface area (Å²) in [6.45, 7) is 1.75. The molecule has 0 radical (unpaired) electrons. The van der Waals surface area contributed by atoms with Crippen LogP contribution in [-0.4, -0.2) is 33.4 Å². The van der Waals surface area contributed by atoms with Crippen LogP contribution in [0.4, 0.5) is 29.3 Å². The Morgan fingerprint density at radius 3 is 2.48 bits per heavy atom. The molecule has 160 valence electrons. The smallest absolute Gasteiger partial charge is 0.398 e. The zero-order valence-electron chi connectivity index (χ0n) is 16.3. The lowest BCUT2D eigenvalue weighted by molar-refractivity contribution is -0.119. The largest absolute Gasteiger partial charge is 0.446 e. The zero-order valence-corrected chi connectivity index (χ0v) is 17.1. The molecule has 1 aromatic heterocycles. The molecule has 4 rings (SSSR count). The summed E-state index contributed by atoms with van der Waals surface area (Å²) in [4.78, 5) is 32.5. The van der Waals surface area contributed by atoms with E-state index in [1.165, 1.54) is 29.2 Å². The first kappa shape index (κ1) is 21.0. The predicted octanol–water partition coefficient (Wildman–Crippen LogP) is 4.79. The van der Waals surface area contributed by atoms with Gasteiger partial charge in [-0.05, 0) is 66.7 Å². The Labute approximate surface area is 179 Å². The summed E-state index contributed by atoms with van der Waals surface area (Å²) in [6, 6.07) is 10.9. The number of alkyl halides is 3. The topological polar surface area (TPSA) is 79.5 Å². The Hall–Kier alpha value is -3.27. The second-order valence-corrected chi connectivity index (χ2v) is 8.15. The Morgan fingerprint density at radius 1 is 1.10 bits per heavy atom. The third kappa shape index (κ3) is 4.02. The lowest BCUT2D eigenvalue weighted by atomic mass is 10.1. The number of nitrogens with zero attached hydrogens (tertiary/aromatic N) is 3. The van der Waals surface area contributed by atoms with Crippen LogP contribution in [0.25, 0.3) is 10.9 Å². The second kappa shape index (κ2) is 7.77. The number of aromatic nitrogens is 1. The maximum Gasteiger partial charge on any atom is 0.446 e. The molecule has 2 N–H and O–H groups in total. The molecule has 0 spiro atoms. The molecule has 1 saturated heterocycles. The summed E-state index contributed by atoms with van der Waals surface area (Å²) in [7, 11) is 0. The second-order valence-electron chi connectivity index (χ2n) is 7.01. The lowest BCUT2D eigenvalue weighted by Crippen LogP contribution is -2.33. The highest BCUT2D eigenvalue weighted by molar-refractivity contribution is 8.00. The zero-order chi connectivity index (χ0) is 22.3. The molecule has 3 aromatic rings. The van der Waals surface area contributed by atoms with Crippen molar-refractivity contribution in [3.8, 4) is 0 Å². The van der Waals surface area contributed by atoms with Crippen molar-refractivity contribution in [1.29, 1.82) is 0 Å². The maximum atomic E-state index is 13.1. The van der Waals surface area contributed by atoms with Crippen LogP contribution in [0.15, 0.2) is 59.6 Å². The van der Waals surface area contributed by atoms with Crippen molar-refractivity contribution < 1.29 is 22.8 Å². The van der Waals surface area contributed by atoms with Crippen LogP contribution in [0.5, 0.6) is 0 Å². The fourth-order valence-electron chi connectivity index (χ4n) is 3.57. The van der Waals surface area contributed by atoms with E-state index in [0.717, 1.165) is 10.5 Å². The molecule has 2 aromatic carbocycles. The first-order chi connectivity index (χ1) is 14.7. The van der Waals surface area contributed by atoms with Crippen molar-refractivity contribution in [2.45, 2.75) is 29.9 Å². The summed E-state index contributed by atoms with van der Waals surface area (Å²) < 4.78 is 37.6. The van der Waals surface area contributed by atoms with Crippen LogP contribution in [-0.2, 0) is 11.3 Å². The third-order valence-corrected chi connectivity index (χ3v) is 5.78. The normalized spacial score (nSPS) is 17.1. The molecule has 1 unspecified atom stereocenters. The summed E-state index contributed by atoms with van der Waals surface area (Å²) in [5.41, 5.74) is 3.84. The van der Waals surface area contributed by atoms with Crippen molar-refractivity contribution >= 4 is 46.0 Å². The Kier molecular flexibility index (Phi) is 5.26. The summed E-state index contributed by atoms with van der Waals surface area (Å²) in [5, 5.41) is 0.712. The number of thioether (sulfide) groups is 1. The van der Waals surface area contributed by atoms with E-state index in [1.807, 2.05) is 6.07 Å². The molecular formula is C21H17F3N4O2S. The van der Waals surface area contributed by atoms with Gasteiger partial charge in [0.25, 0.3) is 5.91 Å². The lowest BCUT2D eigenvalue weighted by Gasteiger charge is -2.20. The summed E-state index contributed by atoms with van der Waals surface area (Å²) in [6.07, 6.45) is 1.61. The average molecular weight is 446 g/mol. The van der Waals surface area contributed by atoms with E-state index < -0.39 is 23.5 Å². The van der Waals surface area contributed by atoms with E-state index in [9.17, 15) is 22.8 Å². The highest BCUT2D eigenvalue weighted by Crippen LogP contribution is 2.38. The minimum absolute atomic E-state index is 0.0287. The van der Waals surface area contributed by atoms with E-state index in [4.69, 9.17) is 5.73 Å². The minimum atomic E-state index is -4.42. The monoisotopic (exact) mass is 446 g/mol. The number of halogens is 3. The van der Waals surface area contributed by atoms with Crippen LogP contribution < -0.4 is 10.6 Å². The fraction of sp³-hybridized carbons (Fsp3) is 0.190. The number of carbonyl (C=O) groups excluding carboxylic acids is 2. The number of nitrogen functional groups attached to an aromatic ring is 1. The molecule has 2 heterocycles. The van der Waals surface area contributed by atoms with Gasteiger partial charge in [0.15, 0.2) is 0 Å². The number of rotatable bonds is 4. The number of benzene rings is 2. The summed E-state index contributed by atoms with van der Waals surface area (Å²) in [5.74, 6) is -0.451. The number of urea groups is 1. The van der Waals surface area contributed by atoms with Crippen molar-refractivity contribution in [1.82, 2.24) is 9.88 Å². The van der Waals surface area contributed by atoms with E-state index in [-0.39, 0.29) is 28.9 Å². The standard InChI is InChI=1S/C21H17F3N4O2S/c1-12-19(29)28(14-5-7-15(8-6-14)31-21(22,23)24)20(30)27(12)11-13-9-10-26-17-4-2-3-16(25)18(13)17/h2-10,12H,11,25H2,1H3. The number of pyridine rings is 1. The van der Waals surface area contributed by atoms with Gasteiger partial charge < -0.3 is 10.6 Å². The fourth-order valence-corrected chi connectivity index (χ4v) is 4.11. The molecule has 6 nitrogen and oxygen atoms in total. The van der Waals surface area contributed by atoms with Gasteiger partial charge in [0, 0.05) is 28.7 Å². The Balaban J connectivity index is 1.61. The average Bonchev–Trinajstić information content (AvgIpc) is 2.91. The van der Waals surface area contributed by atoms with Crippen LogP contribution in [0.2, 0.25) is 0 Å². The van der Waals surface area contributed by atoms with Gasteiger partial charge in [-0.2, -0.15) is 13.2 Å². The van der Waals surface area contributed by atoms with E-state index in [2.05, 4.69) is 4.98 Å². The van der Waals surface area contributed by atoms with Gasteiger partial charge in [-0.15, -0.1) is 0 Å². The van der Waals surface area contributed by atoms with Gasteiger partial charge in [0.1, 0.15) is 6.04 Å². The molecule has 1 aliphatic rings. The van der Waals surface area contributed by atoms with Crippen molar-refractivity contribution in [3.05, 3.63) is 60.3 Å². The number of fused-ring (bicyclic) bond motifs is 1. The van der Waals surface area contributed by atoms with Crippen LogP contribution in [0, 0.1) is 0 Å². The number of hydrogen-bond acceptors (Lipinski definition) is 5. The number of anilines is 2. The van der Waals surface area contributed by atoms with Gasteiger partial charge in [-0.1, -0.05) is 6.07 Å². The minimum Gasteiger partial charge on any atom is -0.398 e. The van der Waals surface area contributed by atoms with Crippen molar-refractivity contribution in [2.24, 2.45) is 0 Å². The molecule has 10 heteroatoms. The maximum absolute atomic E-state index is 13.1. The van der Waals surface area contributed by atoms with Crippen LogP contribution in [0.1, 0.15) is 12.5 Å². The third-order valence-electron chi connectivity index (χ3n) is 5.04. The molecule has 0 saturated carbocycles. The highest BCUT2D eigenvalue weighted by atomic mass is 32.2. The number of nitrogens with two attached hydrogens (primary N) is 1. The van der Waals surface area contributed by atoms with Gasteiger partial charge in [-0.3, -0.25) is 9.78 Å². The van der Waals surface area contributed by atoms with Crippen molar-refractivity contribution in [3.63, 3.8) is 0 Å². The number of hydrogen-bond donors (Lipinski definition) is 1. The molecular weight excluding hydrogens is 429 g/mol.